The zero-order valence-corrected chi connectivity index (χ0v) is 17.2. The molecular formula is C24H36O. The fourth-order valence-corrected chi connectivity index (χ4v) is 7.34. The Hall–Kier alpha value is -0.850. The van der Waals surface area contributed by atoms with Crippen molar-refractivity contribution < 1.29 is 4.79 Å². The van der Waals surface area contributed by atoms with Crippen LogP contribution in [0.2, 0.25) is 0 Å². The molecule has 2 fully saturated rings. The van der Waals surface area contributed by atoms with E-state index in [1.807, 2.05) is 6.08 Å². The summed E-state index contributed by atoms with van der Waals surface area (Å²) in [5.74, 6) is 1.93. The zero-order chi connectivity index (χ0) is 18.3. The number of hydrogen-bond donors (Lipinski definition) is 0. The smallest absolute Gasteiger partial charge is 0.155 e. The van der Waals surface area contributed by atoms with E-state index in [4.69, 9.17) is 0 Å². The average molecular weight is 341 g/mol. The van der Waals surface area contributed by atoms with Crippen LogP contribution < -0.4 is 0 Å². The molecule has 0 saturated heterocycles. The molecule has 1 heteroatoms. The van der Waals surface area contributed by atoms with E-state index in [1.165, 1.54) is 31.3 Å². The van der Waals surface area contributed by atoms with Gasteiger partial charge in [0.25, 0.3) is 0 Å². The topological polar surface area (TPSA) is 17.1 Å². The SMILES string of the molecule is CC(C)(C)[C@@]1(C)CC[C@H]2C3CCC4=CC(=O)CC[C@]4(C)C3=CC[C@@]21C. The summed E-state index contributed by atoms with van der Waals surface area (Å²) in [6, 6.07) is 0. The van der Waals surface area contributed by atoms with Crippen molar-refractivity contribution >= 4 is 5.78 Å². The number of carbonyl (C=O) groups is 1. The highest BCUT2D eigenvalue weighted by molar-refractivity contribution is 5.92. The highest BCUT2D eigenvalue weighted by Crippen LogP contribution is 2.71. The third-order valence-electron chi connectivity index (χ3n) is 9.60. The van der Waals surface area contributed by atoms with Crippen LogP contribution in [0.1, 0.15) is 86.5 Å². The predicted molar refractivity (Wildman–Crippen MR) is 104 cm³/mol. The normalized spacial score (nSPS) is 46.7. The van der Waals surface area contributed by atoms with Gasteiger partial charge in [0.15, 0.2) is 5.78 Å². The summed E-state index contributed by atoms with van der Waals surface area (Å²) in [7, 11) is 0. The maximum absolute atomic E-state index is 12.0. The molecule has 0 spiro atoms. The Morgan fingerprint density at radius 1 is 1.04 bits per heavy atom. The molecule has 0 bridgehead atoms. The van der Waals surface area contributed by atoms with Crippen molar-refractivity contribution in [3.8, 4) is 0 Å². The second-order valence-corrected chi connectivity index (χ2v) is 11.1. The number of ketones is 1. The van der Waals surface area contributed by atoms with Crippen molar-refractivity contribution in [3.63, 3.8) is 0 Å². The number of fused-ring (bicyclic) bond motifs is 5. The van der Waals surface area contributed by atoms with Gasteiger partial charge in [0.2, 0.25) is 0 Å². The molecule has 25 heavy (non-hydrogen) atoms. The molecule has 0 amide bonds. The molecule has 0 aromatic carbocycles. The molecule has 0 heterocycles. The summed E-state index contributed by atoms with van der Waals surface area (Å²) in [6.07, 6.45) is 12.8. The molecule has 0 N–H and O–H groups in total. The molecule has 0 aromatic heterocycles. The molecule has 2 saturated carbocycles. The zero-order valence-electron chi connectivity index (χ0n) is 17.2. The van der Waals surface area contributed by atoms with Crippen LogP contribution in [0.25, 0.3) is 0 Å². The van der Waals surface area contributed by atoms with Gasteiger partial charge >= 0.3 is 0 Å². The first-order valence-corrected chi connectivity index (χ1v) is 10.5. The molecule has 5 atom stereocenters. The maximum Gasteiger partial charge on any atom is 0.155 e. The molecule has 4 rings (SSSR count). The van der Waals surface area contributed by atoms with Crippen molar-refractivity contribution in [1.82, 2.24) is 0 Å². The standard InChI is InChI=1S/C24H36O/c1-21(2,3)24(6)14-11-20-18-8-7-16-15-17(25)9-12-22(16,4)19(18)10-13-23(20,24)5/h10,15,18,20H,7-9,11-14H2,1-6H3/t18?,20-,22-,23-,24+/m0/s1. The summed E-state index contributed by atoms with van der Waals surface area (Å²) in [6.45, 7) is 15.0. The third kappa shape index (κ3) is 2.10. The molecule has 0 radical (unpaired) electrons. The molecule has 0 aliphatic heterocycles. The lowest BCUT2D eigenvalue weighted by molar-refractivity contribution is -0.115. The van der Waals surface area contributed by atoms with Gasteiger partial charge in [-0.2, -0.15) is 0 Å². The van der Waals surface area contributed by atoms with Gasteiger partial charge in [-0.25, -0.2) is 0 Å². The van der Waals surface area contributed by atoms with Crippen molar-refractivity contribution in [1.29, 1.82) is 0 Å². The lowest BCUT2D eigenvalue weighted by atomic mass is 9.46. The van der Waals surface area contributed by atoms with Crippen molar-refractivity contribution in [3.05, 3.63) is 23.3 Å². The summed E-state index contributed by atoms with van der Waals surface area (Å²) in [4.78, 5) is 12.0. The van der Waals surface area contributed by atoms with E-state index in [0.717, 1.165) is 31.1 Å². The van der Waals surface area contributed by atoms with Crippen LogP contribution >= 0.6 is 0 Å². The van der Waals surface area contributed by atoms with E-state index < -0.39 is 0 Å². The van der Waals surface area contributed by atoms with Crippen molar-refractivity contribution in [2.24, 2.45) is 33.5 Å². The predicted octanol–water partition coefficient (Wildman–Crippen LogP) is 6.49. The van der Waals surface area contributed by atoms with Gasteiger partial charge in [-0.15, -0.1) is 0 Å². The van der Waals surface area contributed by atoms with Gasteiger partial charge in [0.1, 0.15) is 0 Å². The number of carbonyl (C=O) groups excluding carboxylic acids is 1. The fourth-order valence-electron chi connectivity index (χ4n) is 7.34. The van der Waals surface area contributed by atoms with Crippen LogP contribution in [0.4, 0.5) is 0 Å². The van der Waals surface area contributed by atoms with Gasteiger partial charge in [-0.1, -0.05) is 58.8 Å². The van der Waals surface area contributed by atoms with Gasteiger partial charge in [0.05, 0.1) is 0 Å². The minimum absolute atomic E-state index is 0.179. The second-order valence-electron chi connectivity index (χ2n) is 11.1. The Morgan fingerprint density at radius 2 is 1.76 bits per heavy atom. The van der Waals surface area contributed by atoms with Gasteiger partial charge in [-0.05, 0) is 72.7 Å². The van der Waals surface area contributed by atoms with E-state index in [0.29, 0.717) is 22.0 Å². The van der Waals surface area contributed by atoms with Crippen LogP contribution in [0.15, 0.2) is 23.3 Å². The van der Waals surface area contributed by atoms with Crippen LogP contribution in [-0.4, -0.2) is 5.78 Å². The van der Waals surface area contributed by atoms with Gasteiger partial charge in [-0.3, -0.25) is 4.79 Å². The Balaban J connectivity index is 1.77. The molecule has 4 aliphatic rings. The molecule has 1 unspecified atom stereocenters. The van der Waals surface area contributed by atoms with Gasteiger partial charge < -0.3 is 0 Å². The summed E-state index contributed by atoms with van der Waals surface area (Å²) in [5, 5.41) is 0. The van der Waals surface area contributed by atoms with Crippen molar-refractivity contribution in [2.45, 2.75) is 86.5 Å². The Bertz CT molecular complexity index is 675. The van der Waals surface area contributed by atoms with E-state index in [9.17, 15) is 4.79 Å². The minimum Gasteiger partial charge on any atom is -0.295 e. The van der Waals surface area contributed by atoms with Crippen LogP contribution in [0, 0.1) is 33.5 Å². The number of rotatable bonds is 0. The highest BCUT2D eigenvalue weighted by atomic mass is 16.1. The molecule has 0 aromatic rings. The van der Waals surface area contributed by atoms with Crippen molar-refractivity contribution in [2.75, 3.05) is 0 Å². The fraction of sp³-hybridized carbons (Fsp3) is 0.792. The monoisotopic (exact) mass is 340 g/mol. The van der Waals surface area contributed by atoms with Crippen LogP contribution in [-0.2, 0) is 4.79 Å². The molecule has 1 nitrogen and oxygen atoms in total. The Labute approximate surface area is 154 Å². The highest BCUT2D eigenvalue weighted by Gasteiger charge is 2.63. The van der Waals surface area contributed by atoms with Crippen LogP contribution in [0.3, 0.4) is 0 Å². The maximum atomic E-state index is 12.0. The lowest BCUT2D eigenvalue weighted by Crippen LogP contribution is -2.50. The Kier molecular flexibility index (Phi) is 3.59. The van der Waals surface area contributed by atoms with E-state index >= 15 is 0 Å². The third-order valence-corrected chi connectivity index (χ3v) is 9.60. The lowest BCUT2D eigenvalue weighted by Gasteiger charge is -2.58. The average Bonchev–Trinajstić information content (AvgIpc) is 2.81. The second kappa shape index (κ2) is 5.11. The first-order chi connectivity index (χ1) is 11.5. The quantitative estimate of drug-likeness (QED) is 0.460. The largest absolute Gasteiger partial charge is 0.295 e. The summed E-state index contributed by atoms with van der Waals surface area (Å²) >= 11 is 0. The van der Waals surface area contributed by atoms with E-state index in [1.54, 1.807) is 5.57 Å². The number of allylic oxidation sites excluding steroid dienone is 4. The van der Waals surface area contributed by atoms with Gasteiger partial charge in [0, 0.05) is 11.8 Å². The van der Waals surface area contributed by atoms with Crippen LogP contribution in [0.5, 0.6) is 0 Å². The summed E-state index contributed by atoms with van der Waals surface area (Å²) < 4.78 is 0. The van der Waals surface area contributed by atoms with E-state index in [-0.39, 0.29) is 5.41 Å². The molecule has 138 valence electrons. The first kappa shape index (κ1) is 17.6. The molecular weight excluding hydrogens is 304 g/mol. The van der Waals surface area contributed by atoms with E-state index in [2.05, 4.69) is 47.6 Å². The number of hydrogen-bond acceptors (Lipinski definition) is 1. The Morgan fingerprint density at radius 3 is 2.44 bits per heavy atom. The minimum atomic E-state index is 0.179. The first-order valence-electron chi connectivity index (χ1n) is 10.5. The molecule has 4 aliphatic carbocycles. The summed E-state index contributed by atoms with van der Waals surface area (Å²) in [5.41, 5.74) is 4.50.